The number of halogens is 1. The zero-order valence-corrected chi connectivity index (χ0v) is 16.5. The lowest BCUT2D eigenvalue weighted by molar-refractivity contribution is 0.00748. The van der Waals surface area contributed by atoms with Gasteiger partial charge in [-0.05, 0) is 80.8 Å². The van der Waals surface area contributed by atoms with Crippen LogP contribution in [0.15, 0.2) is 18.2 Å². The van der Waals surface area contributed by atoms with E-state index in [1.54, 1.807) is 0 Å². The maximum absolute atomic E-state index is 12.5. The Hall–Kier alpha value is -1.38. The van der Waals surface area contributed by atoms with Gasteiger partial charge in [0.2, 0.25) is 0 Å². The van der Waals surface area contributed by atoms with Crippen LogP contribution < -0.4 is 0 Å². The van der Waals surface area contributed by atoms with Gasteiger partial charge in [0.25, 0.3) is 0 Å². The van der Waals surface area contributed by atoms with E-state index < -0.39 is 5.60 Å². The molecule has 24 heavy (non-hydrogen) atoms. The van der Waals surface area contributed by atoms with Gasteiger partial charge in [-0.25, -0.2) is 9.48 Å². The molecule has 1 amide bonds. The molecule has 1 aromatic carbocycles. The van der Waals surface area contributed by atoms with Crippen molar-refractivity contribution in [3.05, 3.63) is 21.8 Å². The fourth-order valence-corrected chi connectivity index (χ4v) is 3.51. The Morgan fingerprint density at radius 1 is 1.38 bits per heavy atom. The number of likely N-dealkylation sites (tertiary alicyclic amines) is 1. The van der Waals surface area contributed by atoms with Gasteiger partial charge in [0.15, 0.2) is 0 Å². The third kappa shape index (κ3) is 3.99. The van der Waals surface area contributed by atoms with Crippen molar-refractivity contribution >= 4 is 39.7 Å². The number of carbonyl (C=O) groups excluding carboxylic acids is 1. The molecule has 0 radical (unpaired) electrons. The number of hydrogen-bond donors (Lipinski definition) is 0. The molecular formula is C17H23IN4O2. The first kappa shape index (κ1) is 17.4. The molecule has 0 aliphatic carbocycles. The van der Waals surface area contributed by atoms with Gasteiger partial charge in [-0.2, -0.15) is 0 Å². The van der Waals surface area contributed by atoms with Crippen molar-refractivity contribution in [3.8, 4) is 0 Å². The molecule has 1 aliphatic heterocycles. The number of piperidine rings is 1. The van der Waals surface area contributed by atoms with E-state index in [1.807, 2.05) is 42.5 Å². The van der Waals surface area contributed by atoms with Gasteiger partial charge in [0.1, 0.15) is 11.1 Å². The number of ether oxygens (including phenoxy) is 1. The summed E-state index contributed by atoms with van der Waals surface area (Å²) in [7, 11) is 0. The van der Waals surface area contributed by atoms with E-state index in [4.69, 9.17) is 4.74 Å². The zero-order chi connectivity index (χ0) is 17.3. The van der Waals surface area contributed by atoms with Crippen LogP contribution in [0.5, 0.6) is 0 Å². The minimum Gasteiger partial charge on any atom is -0.444 e. The van der Waals surface area contributed by atoms with E-state index in [0.29, 0.717) is 6.54 Å². The first-order chi connectivity index (χ1) is 11.3. The van der Waals surface area contributed by atoms with Crippen LogP contribution in [-0.4, -0.2) is 44.2 Å². The minimum atomic E-state index is -0.476. The molecule has 1 aliphatic rings. The van der Waals surface area contributed by atoms with Gasteiger partial charge >= 0.3 is 6.09 Å². The first-order valence-electron chi connectivity index (χ1n) is 8.32. The molecule has 2 aromatic rings. The molecule has 1 atom stereocenters. The number of hydrogen-bond acceptors (Lipinski definition) is 4. The molecule has 0 N–H and O–H groups in total. The van der Waals surface area contributed by atoms with Crippen LogP contribution in [-0.2, 0) is 11.3 Å². The summed E-state index contributed by atoms with van der Waals surface area (Å²) in [5.74, 6) is 0. The van der Waals surface area contributed by atoms with Crippen LogP contribution in [0.2, 0.25) is 0 Å². The van der Waals surface area contributed by atoms with E-state index in [-0.39, 0.29) is 12.1 Å². The summed E-state index contributed by atoms with van der Waals surface area (Å²) >= 11 is 2.27. The second-order valence-electron chi connectivity index (χ2n) is 7.23. The average Bonchev–Trinajstić information content (AvgIpc) is 2.88. The van der Waals surface area contributed by atoms with Crippen molar-refractivity contribution in [1.29, 1.82) is 0 Å². The molecule has 1 saturated heterocycles. The Kier molecular flexibility index (Phi) is 4.98. The summed E-state index contributed by atoms with van der Waals surface area (Å²) in [5.41, 5.74) is 1.42. The lowest BCUT2D eigenvalue weighted by atomic mass is 10.0. The van der Waals surface area contributed by atoms with E-state index in [0.717, 1.165) is 40.4 Å². The number of rotatable bonds is 2. The summed E-state index contributed by atoms with van der Waals surface area (Å²) in [6, 6.07) is 6.21. The van der Waals surface area contributed by atoms with Gasteiger partial charge in [0.05, 0.1) is 18.1 Å². The number of aromatic nitrogens is 3. The van der Waals surface area contributed by atoms with E-state index in [2.05, 4.69) is 39.0 Å². The molecule has 6 nitrogen and oxygen atoms in total. The molecular weight excluding hydrogens is 419 g/mol. The average molecular weight is 442 g/mol. The molecule has 1 fully saturated rings. The lowest BCUT2D eigenvalue weighted by Gasteiger charge is -2.36. The number of carbonyl (C=O) groups is 1. The quantitative estimate of drug-likeness (QED) is 0.664. The third-order valence-corrected chi connectivity index (χ3v) is 4.79. The van der Waals surface area contributed by atoms with Crippen LogP contribution in [0.1, 0.15) is 40.0 Å². The highest BCUT2D eigenvalue weighted by Gasteiger charge is 2.31. The van der Waals surface area contributed by atoms with Gasteiger partial charge in [0, 0.05) is 10.1 Å². The molecule has 2 heterocycles. The van der Waals surface area contributed by atoms with Gasteiger partial charge in [-0.1, -0.05) is 5.21 Å². The Labute approximate surface area is 155 Å². The number of fused-ring (bicyclic) bond motifs is 1. The summed E-state index contributed by atoms with van der Waals surface area (Å²) in [5, 5.41) is 8.53. The molecule has 7 heteroatoms. The van der Waals surface area contributed by atoms with Crippen molar-refractivity contribution in [2.45, 2.75) is 58.2 Å². The van der Waals surface area contributed by atoms with Crippen molar-refractivity contribution in [1.82, 2.24) is 19.9 Å². The van der Waals surface area contributed by atoms with Crippen molar-refractivity contribution in [2.24, 2.45) is 0 Å². The lowest BCUT2D eigenvalue weighted by Crippen LogP contribution is -2.48. The second kappa shape index (κ2) is 6.85. The van der Waals surface area contributed by atoms with Crippen molar-refractivity contribution < 1.29 is 9.53 Å². The topological polar surface area (TPSA) is 60.2 Å². The van der Waals surface area contributed by atoms with Crippen LogP contribution in [0, 0.1) is 3.57 Å². The molecule has 130 valence electrons. The molecule has 3 rings (SSSR count). The predicted octanol–water partition coefficient (Wildman–Crippen LogP) is 3.83. The Morgan fingerprint density at radius 3 is 2.92 bits per heavy atom. The van der Waals surface area contributed by atoms with Gasteiger partial charge in [-0.3, -0.25) is 0 Å². The Balaban J connectivity index is 1.79. The van der Waals surface area contributed by atoms with E-state index in [1.165, 1.54) is 0 Å². The maximum Gasteiger partial charge on any atom is 0.410 e. The SMILES string of the molecule is CC(C)(C)OC(=O)N1CCCCC1Cn1nnc2cc(I)ccc21. The number of amides is 1. The highest BCUT2D eigenvalue weighted by atomic mass is 127. The summed E-state index contributed by atoms with van der Waals surface area (Å²) < 4.78 is 8.61. The largest absolute Gasteiger partial charge is 0.444 e. The standard InChI is InChI=1S/C17H23IN4O2/c1-17(2,3)24-16(23)21-9-5-4-6-13(21)11-22-15-8-7-12(18)10-14(15)19-20-22/h7-8,10,13H,4-6,9,11H2,1-3H3. The summed E-state index contributed by atoms with van der Waals surface area (Å²) in [4.78, 5) is 14.4. The predicted molar refractivity (Wildman–Crippen MR) is 101 cm³/mol. The summed E-state index contributed by atoms with van der Waals surface area (Å²) in [6.07, 6.45) is 2.87. The zero-order valence-electron chi connectivity index (χ0n) is 14.3. The number of nitrogens with zero attached hydrogens (tertiary/aromatic N) is 4. The Bertz CT molecular complexity index is 738. The fourth-order valence-electron chi connectivity index (χ4n) is 3.03. The van der Waals surface area contributed by atoms with Crippen LogP contribution in [0.4, 0.5) is 4.79 Å². The monoisotopic (exact) mass is 442 g/mol. The molecule has 0 spiro atoms. The molecule has 1 unspecified atom stereocenters. The van der Waals surface area contributed by atoms with Crippen LogP contribution >= 0.6 is 22.6 Å². The molecule has 0 saturated carbocycles. The fraction of sp³-hybridized carbons (Fsp3) is 0.588. The summed E-state index contributed by atoms with van der Waals surface area (Å²) in [6.45, 7) is 7.09. The minimum absolute atomic E-state index is 0.0952. The van der Waals surface area contributed by atoms with Crippen LogP contribution in [0.3, 0.4) is 0 Å². The van der Waals surface area contributed by atoms with E-state index in [9.17, 15) is 4.79 Å². The highest BCUT2D eigenvalue weighted by molar-refractivity contribution is 14.1. The first-order valence-corrected chi connectivity index (χ1v) is 9.40. The van der Waals surface area contributed by atoms with Gasteiger partial charge in [-0.15, -0.1) is 5.10 Å². The van der Waals surface area contributed by atoms with Crippen molar-refractivity contribution in [2.75, 3.05) is 6.54 Å². The van der Waals surface area contributed by atoms with E-state index >= 15 is 0 Å². The normalized spacial score (nSPS) is 18.8. The second-order valence-corrected chi connectivity index (χ2v) is 8.47. The van der Waals surface area contributed by atoms with Crippen molar-refractivity contribution in [3.63, 3.8) is 0 Å². The van der Waals surface area contributed by atoms with Gasteiger partial charge < -0.3 is 9.64 Å². The molecule has 0 bridgehead atoms. The smallest absolute Gasteiger partial charge is 0.410 e. The third-order valence-electron chi connectivity index (χ3n) is 4.11. The molecule has 1 aromatic heterocycles. The van der Waals surface area contributed by atoms with Crippen LogP contribution in [0.25, 0.3) is 11.0 Å². The number of benzene rings is 1. The highest BCUT2D eigenvalue weighted by Crippen LogP contribution is 2.23. The Morgan fingerprint density at radius 2 is 2.17 bits per heavy atom. The maximum atomic E-state index is 12.5.